The molecule has 1 rings (SSSR count). The molecule has 1 aromatic rings. The van der Waals surface area contributed by atoms with Gasteiger partial charge in [0.2, 0.25) is 0 Å². The maximum absolute atomic E-state index is 10.4. The molecular formula is C9H8Cl2O4. The van der Waals surface area contributed by atoms with E-state index in [0.29, 0.717) is 5.02 Å². The Balaban J connectivity index is 3.01. The third kappa shape index (κ3) is 2.82. The van der Waals surface area contributed by atoms with Gasteiger partial charge in [0.15, 0.2) is 6.10 Å². The van der Waals surface area contributed by atoms with E-state index in [9.17, 15) is 9.90 Å². The van der Waals surface area contributed by atoms with Gasteiger partial charge in [-0.25, -0.2) is 4.79 Å². The van der Waals surface area contributed by atoms with Gasteiger partial charge in [0.25, 0.3) is 0 Å². The summed E-state index contributed by atoms with van der Waals surface area (Å²) in [7, 11) is 0. The van der Waals surface area contributed by atoms with Crippen LogP contribution in [0.4, 0.5) is 0 Å². The second-order valence-electron chi connectivity index (χ2n) is 2.89. The van der Waals surface area contributed by atoms with E-state index in [2.05, 4.69) is 0 Å². The average Bonchev–Trinajstić information content (AvgIpc) is 2.15. The molecule has 15 heavy (non-hydrogen) atoms. The predicted octanol–water partition coefficient (Wildman–Crippen LogP) is 1.47. The summed E-state index contributed by atoms with van der Waals surface area (Å²) in [5.74, 6) is -1.52. The summed E-state index contributed by atoms with van der Waals surface area (Å²) in [6.07, 6.45) is -3.49. The van der Waals surface area contributed by atoms with Gasteiger partial charge in [-0.15, -0.1) is 0 Å². The summed E-state index contributed by atoms with van der Waals surface area (Å²) >= 11 is 11.3. The molecule has 2 atom stereocenters. The molecule has 1 aromatic carbocycles. The van der Waals surface area contributed by atoms with E-state index < -0.39 is 18.2 Å². The number of halogens is 2. The highest BCUT2D eigenvalue weighted by Gasteiger charge is 2.26. The van der Waals surface area contributed by atoms with Crippen LogP contribution in [-0.4, -0.2) is 27.4 Å². The lowest BCUT2D eigenvalue weighted by atomic mass is 10.0. The summed E-state index contributed by atoms with van der Waals surface area (Å²) in [5.41, 5.74) is 0.121. The van der Waals surface area contributed by atoms with Gasteiger partial charge in [-0.2, -0.15) is 0 Å². The van der Waals surface area contributed by atoms with Gasteiger partial charge in [0, 0.05) is 15.6 Å². The van der Waals surface area contributed by atoms with Crippen LogP contribution in [0.3, 0.4) is 0 Å². The van der Waals surface area contributed by atoms with E-state index in [1.807, 2.05) is 0 Å². The summed E-state index contributed by atoms with van der Waals surface area (Å²) in [5, 5.41) is 27.5. The van der Waals surface area contributed by atoms with Crippen LogP contribution in [0.1, 0.15) is 11.7 Å². The van der Waals surface area contributed by atoms with Gasteiger partial charge < -0.3 is 15.3 Å². The number of carbonyl (C=O) groups is 1. The molecule has 0 bridgehead atoms. The highest BCUT2D eigenvalue weighted by atomic mass is 35.5. The standard InChI is InChI=1S/C9H8Cl2O4/c10-4-1-2-5(6(11)3-4)7(12)8(13)9(14)15/h1-3,7-8,12-13H,(H,14,15). The van der Waals surface area contributed by atoms with Crippen LogP contribution in [-0.2, 0) is 4.79 Å². The number of aliphatic hydroxyl groups excluding tert-OH is 2. The SMILES string of the molecule is O=C(O)C(O)C(O)c1ccc(Cl)cc1Cl. The fourth-order valence-corrected chi connectivity index (χ4v) is 1.57. The molecule has 0 aliphatic carbocycles. The number of aliphatic carboxylic acids is 1. The van der Waals surface area contributed by atoms with Gasteiger partial charge in [0.1, 0.15) is 6.10 Å². The molecule has 3 N–H and O–H groups in total. The molecule has 0 aliphatic heterocycles. The molecule has 0 spiro atoms. The van der Waals surface area contributed by atoms with Gasteiger partial charge in [-0.1, -0.05) is 29.3 Å². The van der Waals surface area contributed by atoms with E-state index in [1.165, 1.54) is 18.2 Å². The molecule has 0 amide bonds. The first-order valence-electron chi connectivity index (χ1n) is 3.97. The summed E-state index contributed by atoms with van der Waals surface area (Å²) in [6, 6.07) is 4.16. The molecular weight excluding hydrogens is 243 g/mol. The Labute approximate surface area is 95.7 Å². The van der Waals surface area contributed by atoms with Crippen LogP contribution >= 0.6 is 23.2 Å². The average molecular weight is 251 g/mol. The minimum Gasteiger partial charge on any atom is -0.479 e. The first-order valence-corrected chi connectivity index (χ1v) is 4.73. The smallest absolute Gasteiger partial charge is 0.335 e. The molecule has 0 radical (unpaired) electrons. The first kappa shape index (κ1) is 12.3. The highest BCUT2D eigenvalue weighted by Crippen LogP contribution is 2.28. The Hall–Kier alpha value is -0.810. The zero-order chi connectivity index (χ0) is 11.6. The van der Waals surface area contributed by atoms with E-state index in [-0.39, 0.29) is 10.6 Å². The number of hydrogen-bond donors (Lipinski definition) is 3. The van der Waals surface area contributed by atoms with Crippen molar-refractivity contribution in [2.45, 2.75) is 12.2 Å². The van der Waals surface area contributed by atoms with Crippen molar-refractivity contribution in [2.24, 2.45) is 0 Å². The van der Waals surface area contributed by atoms with Crippen molar-refractivity contribution in [3.05, 3.63) is 33.8 Å². The second-order valence-corrected chi connectivity index (χ2v) is 3.74. The van der Waals surface area contributed by atoms with Crippen molar-refractivity contribution >= 4 is 29.2 Å². The fraction of sp³-hybridized carbons (Fsp3) is 0.222. The van der Waals surface area contributed by atoms with Gasteiger partial charge >= 0.3 is 5.97 Å². The molecule has 2 unspecified atom stereocenters. The maximum atomic E-state index is 10.4. The summed E-state index contributed by atoms with van der Waals surface area (Å²) < 4.78 is 0. The highest BCUT2D eigenvalue weighted by molar-refractivity contribution is 6.35. The largest absolute Gasteiger partial charge is 0.479 e. The van der Waals surface area contributed by atoms with Gasteiger partial charge in [-0.05, 0) is 12.1 Å². The molecule has 0 aliphatic rings. The zero-order valence-corrected chi connectivity index (χ0v) is 8.90. The van der Waals surface area contributed by atoms with Crippen molar-refractivity contribution in [3.63, 3.8) is 0 Å². The maximum Gasteiger partial charge on any atom is 0.335 e. The minimum atomic E-state index is -1.91. The summed E-state index contributed by atoms with van der Waals surface area (Å²) in [6.45, 7) is 0. The van der Waals surface area contributed by atoms with Crippen LogP contribution in [0.2, 0.25) is 10.0 Å². The van der Waals surface area contributed by atoms with Crippen molar-refractivity contribution in [2.75, 3.05) is 0 Å². The van der Waals surface area contributed by atoms with E-state index in [0.717, 1.165) is 0 Å². The van der Waals surface area contributed by atoms with Crippen LogP contribution < -0.4 is 0 Å². The predicted molar refractivity (Wildman–Crippen MR) is 55.1 cm³/mol. The molecule has 82 valence electrons. The van der Waals surface area contributed by atoms with Crippen molar-refractivity contribution in [3.8, 4) is 0 Å². The number of hydrogen-bond acceptors (Lipinski definition) is 3. The van der Waals surface area contributed by atoms with E-state index in [4.69, 9.17) is 33.4 Å². The molecule has 6 heteroatoms. The Morgan fingerprint density at radius 2 is 1.87 bits per heavy atom. The Morgan fingerprint density at radius 3 is 2.33 bits per heavy atom. The van der Waals surface area contributed by atoms with Crippen LogP contribution in [0.5, 0.6) is 0 Å². The quantitative estimate of drug-likeness (QED) is 0.760. The third-order valence-corrected chi connectivity index (χ3v) is 2.40. The van der Waals surface area contributed by atoms with Crippen LogP contribution in [0, 0.1) is 0 Å². The first-order chi connectivity index (χ1) is 6.93. The van der Waals surface area contributed by atoms with E-state index >= 15 is 0 Å². The molecule has 4 nitrogen and oxygen atoms in total. The fourth-order valence-electron chi connectivity index (χ4n) is 1.05. The molecule has 0 fully saturated rings. The number of rotatable bonds is 3. The molecule has 0 saturated heterocycles. The van der Waals surface area contributed by atoms with Gasteiger partial charge in [0.05, 0.1) is 0 Å². The molecule has 0 heterocycles. The van der Waals surface area contributed by atoms with E-state index in [1.54, 1.807) is 0 Å². The van der Waals surface area contributed by atoms with Crippen molar-refractivity contribution in [1.29, 1.82) is 0 Å². The Kier molecular flexibility index (Phi) is 3.93. The Morgan fingerprint density at radius 1 is 1.27 bits per heavy atom. The zero-order valence-electron chi connectivity index (χ0n) is 7.39. The number of carboxylic acids is 1. The van der Waals surface area contributed by atoms with Crippen molar-refractivity contribution in [1.82, 2.24) is 0 Å². The molecule has 0 aromatic heterocycles. The third-order valence-electron chi connectivity index (χ3n) is 1.83. The number of carboxylic acid groups (broad SMARTS) is 1. The minimum absolute atomic E-state index is 0.107. The van der Waals surface area contributed by atoms with Crippen LogP contribution in [0.25, 0.3) is 0 Å². The lowest BCUT2D eigenvalue weighted by Crippen LogP contribution is -2.27. The lowest BCUT2D eigenvalue weighted by Gasteiger charge is -2.15. The second kappa shape index (κ2) is 4.81. The number of benzene rings is 1. The lowest BCUT2D eigenvalue weighted by molar-refractivity contribution is -0.153. The topological polar surface area (TPSA) is 77.8 Å². The van der Waals surface area contributed by atoms with Crippen LogP contribution in [0.15, 0.2) is 18.2 Å². The summed E-state index contributed by atoms with van der Waals surface area (Å²) in [4.78, 5) is 10.4. The molecule has 0 saturated carbocycles. The Bertz CT molecular complexity index is 380. The normalized spacial score (nSPS) is 14.7. The number of aliphatic hydroxyl groups is 2. The van der Waals surface area contributed by atoms with Gasteiger partial charge in [-0.3, -0.25) is 0 Å². The van der Waals surface area contributed by atoms with Crippen molar-refractivity contribution < 1.29 is 20.1 Å². The monoisotopic (exact) mass is 250 g/mol.